The number of aliphatic imine (C=N–C) groups is 1. The van der Waals surface area contributed by atoms with Gasteiger partial charge in [-0.05, 0) is 88.6 Å². The lowest BCUT2D eigenvalue weighted by molar-refractivity contribution is -0.134. The van der Waals surface area contributed by atoms with Crippen LogP contribution in [0.4, 0.5) is 5.69 Å². The lowest BCUT2D eigenvalue weighted by Gasteiger charge is -2.22. The fraction of sp³-hybridized carbons (Fsp3) is 0.543. The number of carbonyl (C=O) groups excluding carboxylic acids is 2. The van der Waals surface area contributed by atoms with Gasteiger partial charge in [0.05, 0.1) is 29.6 Å². The van der Waals surface area contributed by atoms with Crippen molar-refractivity contribution in [1.29, 1.82) is 0 Å². The summed E-state index contributed by atoms with van der Waals surface area (Å²) in [4.78, 5) is 34.9. The van der Waals surface area contributed by atoms with Crippen molar-refractivity contribution in [2.24, 2.45) is 16.8 Å². The molecule has 2 fully saturated rings. The van der Waals surface area contributed by atoms with E-state index in [2.05, 4.69) is 54.5 Å². The van der Waals surface area contributed by atoms with E-state index in [1.54, 1.807) is 18.4 Å². The fourth-order valence-corrected chi connectivity index (χ4v) is 6.77. The lowest BCUT2D eigenvalue weighted by Crippen LogP contribution is -2.33. The van der Waals surface area contributed by atoms with Crippen LogP contribution in [-0.2, 0) is 20.7 Å². The first-order chi connectivity index (χ1) is 21.2. The van der Waals surface area contributed by atoms with E-state index in [4.69, 9.17) is 14.5 Å². The zero-order valence-corrected chi connectivity index (χ0v) is 27.7. The van der Waals surface area contributed by atoms with Crippen molar-refractivity contribution in [3.63, 3.8) is 0 Å². The Morgan fingerprint density at radius 3 is 2.80 bits per heavy atom. The molecule has 4 atom stereocenters. The van der Waals surface area contributed by atoms with Gasteiger partial charge in [-0.25, -0.2) is 4.98 Å². The number of carbonyl (C=O) groups is 2. The van der Waals surface area contributed by atoms with Crippen LogP contribution in [0.5, 0.6) is 5.75 Å². The van der Waals surface area contributed by atoms with Gasteiger partial charge in [0.15, 0.2) is 0 Å². The standard InChI is InChI=1S/C35H48N4O4S/c1-23(2)30-21-44-33(38-30)17-16-32(28-14-15-31(42-6)24(3)34(28)36-4)43-27-13-12-26(19-27)35(41)39(5)18-10-8-7-9-11-25-20-29(25)37-22-40/h9,11,14-16,21-23,25-27,29H,4,7-8,10,12-13,17-20H2,1-3,5-6H3,(H,37,40)/b11-9-,32-16+. The molecule has 1 aromatic heterocycles. The van der Waals surface area contributed by atoms with Crippen molar-refractivity contribution in [3.8, 4) is 5.75 Å². The molecule has 44 heavy (non-hydrogen) atoms. The van der Waals surface area contributed by atoms with Crippen LogP contribution in [0.25, 0.3) is 5.76 Å². The zero-order valence-electron chi connectivity index (χ0n) is 26.9. The van der Waals surface area contributed by atoms with Crippen molar-refractivity contribution >= 4 is 41.8 Å². The number of unbranched alkanes of at least 4 members (excludes halogenated alkanes) is 2. The van der Waals surface area contributed by atoms with E-state index in [0.717, 1.165) is 90.5 Å². The first-order valence-electron chi connectivity index (χ1n) is 15.8. The molecule has 4 unspecified atom stereocenters. The van der Waals surface area contributed by atoms with Crippen molar-refractivity contribution in [2.75, 3.05) is 20.7 Å². The highest BCUT2D eigenvalue weighted by atomic mass is 32.1. The molecule has 2 aromatic rings. The maximum absolute atomic E-state index is 13.3. The van der Waals surface area contributed by atoms with E-state index >= 15 is 0 Å². The monoisotopic (exact) mass is 620 g/mol. The number of nitrogens with zero attached hydrogens (tertiary/aromatic N) is 3. The normalized spacial score (nSPS) is 21.5. The predicted octanol–water partition coefficient (Wildman–Crippen LogP) is 7.00. The van der Waals surface area contributed by atoms with Gasteiger partial charge in [0, 0.05) is 48.5 Å². The van der Waals surface area contributed by atoms with Gasteiger partial charge < -0.3 is 19.7 Å². The molecule has 0 saturated heterocycles. The van der Waals surface area contributed by atoms with Crippen molar-refractivity contribution < 1.29 is 19.1 Å². The predicted molar refractivity (Wildman–Crippen MR) is 179 cm³/mol. The Morgan fingerprint density at radius 1 is 1.27 bits per heavy atom. The van der Waals surface area contributed by atoms with E-state index in [9.17, 15) is 9.59 Å². The van der Waals surface area contributed by atoms with Crippen molar-refractivity contribution in [2.45, 2.75) is 90.2 Å². The highest BCUT2D eigenvalue weighted by Gasteiger charge is 2.34. The average Bonchev–Trinajstić information content (AvgIpc) is 3.35. The van der Waals surface area contributed by atoms with Gasteiger partial charge in [-0.15, -0.1) is 11.3 Å². The number of benzene rings is 1. The third-order valence-corrected chi connectivity index (χ3v) is 9.56. The molecule has 2 saturated carbocycles. The van der Waals surface area contributed by atoms with Crippen LogP contribution in [0.15, 0.2) is 40.7 Å². The minimum Gasteiger partial charge on any atom is -0.496 e. The number of ether oxygens (including phenoxy) is 2. The third kappa shape index (κ3) is 8.80. The van der Waals surface area contributed by atoms with Crippen LogP contribution < -0.4 is 10.1 Å². The quantitative estimate of drug-likeness (QED) is 0.0676. The molecule has 0 radical (unpaired) electrons. The van der Waals surface area contributed by atoms with Crippen LogP contribution in [0.1, 0.15) is 86.5 Å². The Morgan fingerprint density at radius 2 is 2.09 bits per heavy atom. The zero-order chi connectivity index (χ0) is 31.6. The Kier molecular flexibility index (Phi) is 12.2. The smallest absolute Gasteiger partial charge is 0.225 e. The molecule has 1 heterocycles. The number of nitrogens with one attached hydrogen (secondary N) is 1. The summed E-state index contributed by atoms with van der Waals surface area (Å²) in [7, 11) is 3.57. The van der Waals surface area contributed by atoms with Crippen LogP contribution in [0.2, 0.25) is 0 Å². The first kappa shape index (κ1) is 33.4. The number of aromatic nitrogens is 1. The molecule has 0 spiro atoms. The number of hydrogen-bond donors (Lipinski definition) is 1. The van der Waals surface area contributed by atoms with Gasteiger partial charge in [0.25, 0.3) is 0 Å². The van der Waals surface area contributed by atoms with Crippen LogP contribution in [0, 0.1) is 18.8 Å². The van der Waals surface area contributed by atoms with Gasteiger partial charge >= 0.3 is 0 Å². The Hall–Kier alpha value is -3.46. The van der Waals surface area contributed by atoms with Gasteiger partial charge in [-0.3, -0.25) is 14.6 Å². The summed E-state index contributed by atoms with van der Waals surface area (Å²) in [5.41, 5.74) is 3.63. The Labute approximate surface area is 266 Å². The Balaban J connectivity index is 1.35. The third-order valence-electron chi connectivity index (χ3n) is 8.67. The number of rotatable bonds is 17. The molecule has 0 aliphatic heterocycles. The number of thiazole rings is 1. The summed E-state index contributed by atoms with van der Waals surface area (Å²) >= 11 is 1.67. The van der Waals surface area contributed by atoms with Gasteiger partial charge in [0.1, 0.15) is 11.5 Å². The highest BCUT2D eigenvalue weighted by molar-refractivity contribution is 7.09. The van der Waals surface area contributed by atoms with E-state index in [-0.39, 0.29) is 17.9 Å². The second-order valence-electron chi connectivity index (χ2n) is 12.3. The highest BCUT2D eigenvalue weighted by Crippen LogP contribution is 2.39. The lowest BCUT2D eigenvalue weighted by atomic mass is 10.0. The second-order valence-corrected chi connectivity index (χ2v) is 13.2. The minimum absolute atomic E-state index is 0.0366. The van der Waals surface area contributed by atoms with Gasteiger partial charge in [-0.2, -0.15) is 0 Å². The van der Waals surface area contributed by atoms with E-state index in [0.29, 0.717) is 30.7 Å². The summed E-state index contributed by atoms with van der Waals surface area (Å²) in [5, 5.41) is 5.99. The maximum Gasteiger partial charge on any atom is 0.225 e. The molecule has 0 bridgehead atoms. The topological polar surface area (TPSA) is 93.1 Å². The van der Waals surface area contributed by atoms with Crippen LogP contribution in [0.3, 0.4) is 0 Å². The van der Waals surface area contributed by atoms with E-state index in [1.807, 2.05) is 31.0 Å². The number of methoxy groups -OCH3 is 1. The average molecular weight is 621 g/mol. The van der Waals surface area contributed by atoms with E-state index in [1.165, 1.54) is 0 Å². The van der Waals surface area contributed by atoms with Gasteiger partial charge in [-0.1, -0.05) is 26.0 Å². The number of amides is 2. The van der Waals surface area contributed by atoms with Crippen LogP contribution in [-0.4, -0.2) is 61.8 Å². The molecule has 2 amide bonds. The molecule has 9 heteroatoms. The molecule has 2 aliphatic carbocycles. The Bertz CT molecular complexity index is 1350. The maximum atomic E-state index is 13.3. The summed E-state index contributed by atoms with van der Waals surface area (Å²) < 4.78 is 12.2. The van der Waals surface area contributed by atoms with Crippen molar-refractivity contribution in [3.05, 3.63) is 57.6 Å². The van der Waals surface area contributed by atoms with Crippen LogP contribution >= 0.6 is 11.3 Å². The first-order valence-corrected chi connectivity index (χ1v) is 16.7. The number of hydrogen-bond acceptors (Lipinski definition) is 7. The van der Waals surface area contributed by atoms with Gasteiger partial charge in [0.2, 0.25) is 12.3 Å². The molecule has 1 aromatic carbocycles. The van der Waals surface area contributed by atoms with Crippen molar-refractivity contribution in [1.82, 2.24) is 15.2 Å². The molecular formula is C35H48N4O4S. The van der Waals surface area contributed by atoms with E-state index < -0.39 is 0 Å². The molecule has 8 nitrogen and oxygen atoms in total. The largest absolute Gasteiger partial charge is 0.496 e. The SMILES string of the molecule is C=Nc1c(/C(=C\Cc2nc(C(C)C)cs2)OC2CCC(C(=O)N(C)CCCC/C=C\C3CC3NC=O)C2)ccc(OC)c1C. The summed E-state index contributed by atoms with van der Waals surface area (Å²) in [6, 6.07) is 4.24. The minimum atomic E-state index is -0.0590. The molecule has 4 rings (SSSR count). The summed E-state index contributed by atoms with van der Waals surface area (Å²) in [6.45, 7) is 10.9. The number of allylic oxidation sites excluding steroid dienone is 2. The fourth-order valence-electron chi connectivity index (χ4n) is 5.85. The second kappa shape index (κ2) is 16.0. The summed E-state index contributed by atoms with van der Waals surface area (Å²) in [5.74, 6) is 2.54. The molecule has 1 N–H and O–H groups in total. The molecule has 238 valence electrons. The summed E-state index contributed by atoms with van der Waals surface area (Å²) in [6.07, 6.45) is 14.3. The molecule has 2 aliphatic rings. The molecular weight excluding hydrogens is 572 g/mol.